The Labute approximate surface area is 428 Å². The first-order valence-corrected chi connectivity index (χ1v) is 24.1. The zero-order valence-corrected chi connectivity index (χ0v) is 43.5. The summed E-state index contributed by atoms with van der Waals surface area (Å²) in [6.45, 7) is 0.316. The third kappa shape index (κ3) is 10.9. The Morgan fingerprint density at radius 3 is 0.912 bits per heavy atom. The van der Waals surface area contributed by atoms with Gasteiger partial charge in [-0.15, -0.1) is 0 Å². The van der Waals surface area contributed by atoms with E-state index in [0.29, 0.717) is 0 Å². The Morgan fingerprint density at radius 1 is 0.382 bits per heavy atom. The second-order valence-electron chi connectivity index (χ2n) is 15.1. The summed E-state index contributed by atoms with van der Waals surface area (Å²) < 4.78 is 24.1. The Bertz CT molecular complexity index is 2620. The Morgan fingerprint density at radius 2 is 0.647 bits per heavy atom. The molecule has 6 aromatic carbocycles. The number of nitrogens with zero attached hydrogens (tertiary/aromatic N) is 4. The average molecular weight is 1170 g/mol. The summed E-state index contributed by atoms with van der Waals surface area (Å²) >= 11 is 13.9. The van der Waals surface area contributed by atoms with E-state index in [2.05, 4.69) is 73.5 Å². The van der Waals surface area contributed by atoms with E-state index >= 15 is 0 Å². The monoisotopic (exact) mass is 1170 g/mol. The molecule has 2 aliphatic rings. The van der Waals surface area contributed by atoms with Gasteiger partial charge < -0.3 is 38.5 Å². The van der Waals surface area contributed by atoms with Crippen molar-refractivity contribution in [1.82, 2.24) is 0 Å². The van der Waals surface area contributed by atoms with E-state index in [4.69, 9.17) is 18.9 Å². The molecule has 0 aliphatic carbocycles. The predicted molar refractivity (Wildman–Crippen MR) is 277 cm³/mol. The van der Waals surface area contributed by atoms with E-state index in [0.717, 1.165) is 51.8 Å². The Balaban J connectivity index is 0.000000201. The summed E-state index contributed by atoms with van der Waals surface area (Å²) in [5.41, 5.74) is 5.82. The van der Waals surface area contributed by atoms with Crippen LogP contribution in [-0.4, -0.2) is 65.4 Å². The van der Waals surface area contributed by atoms with E-state index in [9.17, 15) is 19.2 Å². The summed E-state index contributed by atoms with van der Waals surface area (Å²) in [6, 6.07) is 50.5. The van der Waals surface area contributed by atoms with Crippen LogP contribution in [0.1, 0.15) is 23.5 Å². The fourth-order valence-corrected chi connectivity index (χ4v) is 9.12. The Kier molecular flexibility index (Phi) is 16.6. The standard InChI is InChI=1S/2C26H22Br2N2O4/c2*1-33-25(31)22-16-29(20-12-8-18(27)9-13-20)24(17-6-4-3-5-7-17)30(23(22)26(32)34-2)21-14-10-19(28)11-15-21/h2*3-15,24H,16H2,1-2H3/t2*24-/m00/s1. The molecule has 0 N–H and O–H groups in total. The smallest absolute Gasteiger partial charge is 0.355 e. The SMILES string of the molecule is COC(=O)C1=C(C(=O)OC)N(c2ccc(Br)cc2)[C@@H](c2ccccc2)N(c2ccc(Br)cc2)C1.COC(=O)C1=C(C(=O)OC)N(c2ccc(Br)cc2)[C@@H](c2ccccc2)N(c2ccc(Br)cc2)C1. The lowest BCUT2D eigenvalue weighted by atomic mass is 9.99. The molecule has 68 heavy (non-hydrogen) atoms. The first-order chi connectivity index (χ1) is 32.9. The number of esters is 4. The number of benzene rings is 6. The molecule has 0 unspecified atom stereocenters. The van der Waals surface area contributed by atoms with Crippen molar-refractivity contribution in [1.29, 1.82) is 0 Å². The van der Waals surface area contributed by atoms with Crippen LogP contribution in [0.15, 0.2) is 198 Å². The van der Waals surface area contributed by atoms with E-state index in [-0.39, 0.29) is 35.6 Å². The first-order valence-electron chi connectivity index (χ1n) is 20.9. The van der Waals surface area contributed by atoms with Crippen LogP contribution in [0, 0.1) is 0 Å². The van der Waals surface area contributed by atoms with Crippen molar-refractivity contribution in [2.45, 2.75) is 12.3 Å². The van der Waals surface area contributed by atoms with Gasteiger partial charge in [-0.25, -0.2) is 19.2 Å². The van der Waals surface area contributed by atoms with Gasteiger partial charge in [0.1, 0.15) is 23.7 Å². The molecule has 348 valence electrons. The van der Waals surface area contributed by atoms with Crippen LogP contribution in [0.5, 0.6) is 0 Å². The maximum absolute atomic E-state index is 13.1. The molecular formula is C52H44Br4N4O8. The fraction of sp³-hybridized carbons (Fsp3) is 0.154. The highest BCUT2D eigenvalue weighted by Gasteiger charge is 2.44. The lowest BCUT2D eigenvalue weighted by Gasteiger charge is -2.47. The van der Waals surface area contributed by atoms with Gasteiger partial charge >= 0.3 is 23.9 Å². The number of carbonyl (C=O) groups is 4. The molecule has 0 saturated carbocycles. The highest BCUT2D eigenvalue weighted by atomic mass is 79.9. The highest BCUT2D eigenvalue weighted by Crippen LogP contribution is 2.44. The third-order valence-electron chi connectivity index (χ3n) is 11.1. The molecule has 0 aromatic heterocycles. The molecule has 2 aliphatic heterocycles. The second-order valence-corrected chi connectivity index (χ2v) is 18.8. The zero-order chi connectivity index (χ0) is 48.5. The van der Waals surface area contributed by atoms with Gasteiger partial charge in [0, 0.05) is 40.6 Å². The predicted octanol–water partition coefficient (Wildman–Crippen LogP) is 11.7. The van der Waals surface area contributed by atoms with Crippen molar-refractivity contribution in [2.75, 3.05) is 61.1 Å². The van der Waals surface area contributed by atoms with Gasteiger partial charge in [0.05, 0.1) is 52.7 Å². The summed E-state index contributed by atoms with van der Waals surface area (Å²) in [5, 5.41) is 0. The van der Waals surface area contributed by atoms with Crippen LogP contribution in [0.25, 0.3) is 0 Å². The van der Waals surface area contributed by atoms with Crippen molar-refractivity contribution in [3.63, 3.8) is 0 Å². The first kappa shape index (κ1) is 49.7. The van der Waals surface area contributed by atoms with Gasteiger partial charge in [-0.1, -0.05) is 124 Å². The highest BCUT2D eigenvalue weighted by molar-refractivity contribution is 9.11. The fourth-order valence-electron chi connectivity index (χ4n) is 8.07. The third-order valence-corrected chi connectivity index (χ3v) is 13.2. The molecule has 0 amide bonds. The summed E-state index contributed by atoms with van der Waals surface area (Å²) in [7, 11) is 5.23. The molecular weight excluding hydrogens is 1130 g/mol. The van der Waals surface area contributed by atoms with Crippen molar-refractivity contribution in [2.24, 2.45) is 0 Å². The normalized spacial score (nSPS) is 15.8. The molecule has 12 nitrogen and oxygen atoms in total. The van der Waals surface area contributed by atoms with Crippen LogP contribution in [0.3, 0.4) is 0 Å². The van der Waals surface area contributed by atoms with Gasteiger partial charge in [-0.05, 0) is 108 Å². The topological polar surface area (TPSA) is 118 Å². The van der Waals surface area contributed by atoms with Gasteiger partial charge in [0.2, 0.25) is 0 Å². The van der Waals surface area contributed by atoms with E-state index in [1.54, 1.807) is 0 Å². The molecule has 0 radical (unpaired) electrons. The van der Waals surface area contributed by atoms with Gasteiger partial charge in [-0.3, -0.25) is 0 Å². The molecule has 0 saturated heterocycles. The minimum Gasteiger partial charge on any atom is -0.466 e. The lowest BCUT2D eigenvalue weighted by Crippen LogP contribution is -2.50. The van der Waals surface area contributed by atoms with E-state index < -0.39 is 36.2 Å². The summed E-state index contributed by atoms with van der Waals surface area (Å²) in [5.74, 6) is -2.40. The van der Waals surface area contributed by atoms with Crippen LogP contribution in [-0.2, 0) is 38.1 Å². The molecule has 16 heteroatoms. The number of ether oxygens (including phenoxy) is 4. The minimum atomic E-state index is -0.611. The quantitative estimate of drug-likeness (QED) is 0.0960. The van der Waals surface area contributed by atoms with Crippen molar-refractivity contribution < 1.29 is 38.1 Å². The summed E-state index contributed by atoms with van der Waals surface area (Å²) in [4.78, 5) is 60.0. The van der Waals surface area contributed by atoms with Crippen molar-refractivity contribution in [3.8, 4) is 0 Å². The number of carbonyl (C=O) groups excluding carboxylic acids is 4. The maximum atomic E-state index is 13.1. The van der Waals surface area contributed by atoms with Crippen molar-refractivity contribution in [3.05, 3.63) is 209 Å². The lowest BCUT2D eigenvalue weighted by molar-refractivity contribution is -0.139. The van der Waals surface area contributed by atoms with Gasteiger partial charge in [0.15, 0.2) is 0 Å². The molecule has 2 heterocycles. The van der Waals surface area contributed by atoms with Gasteiger partial charge in [-0.2, -0.15) is 0 Å². The van der Waals surface area contributed by atoms with Crippen LogP contribution < -0.4 is 19.6 Å². The van der Waals surface area contributed by atoms with Crippen LogP contribution in [0.2, 0.25) is 0 Å². The largest absolute Gasteiger partial charge is 0.466 e. The average Bonchev–Trinajstić information content (AvgIpc) is 3.38. The molecule has 8 rings (SSSR count). The molecule has 2 atom stereocenters. The number of methoxy groups -OCH3 is 4. The number of hydrogen-bond donors (Lipinski definition) is 0. The van der Waals surface area contributed by atoms with E-state index in [1.165, 1.54) is 28.4 Å². The van der Waals surface area contributed by atoms with Crippen molar-refractivity contribution >= 4 is 110 Å². The Hall–Kier alpha value is -6.20. The number of anilines is 4. The summed E-state index contributed by atoms with van der Waals surface area (Å²) in [6.07, 6.45) is -0.878. The number of halogens is 4. The van der Waals surface area contributed by atoms with Crippen LogP contribution in [0.4, 0.5) is 22.7 Å². The molecule has 0 fully saturated rings. The number of rotatable bonds is 10. The van der Waals surface area contributed by atoms with Crippen LogP contribution >= 0.6 is 63.7 Å². The maximum Gasteiger partial charge on any atom is 0.355 e. The zero-order valence-electron chi connectivity index (χ0n) is 37.1. The molecule has 0 spiro atoms. The second kappa shape index (κ2) is 22.7. The molecule has 6 aromatic rings. The number of hydrogen-bond acceptors (Lipinski definition) is 12. The minimum absolute atomic E-state index is 0.152. The van der Waals surface area contributed by atoms with E-state index in [1.807, 2.05) is 168 Å². The molecule has 0 bridgehead atoms. The van der Waals surface area contributed by atoms with Gasteiger partial charge in [0.25, 0.3) is 0 Å².